The van der Waals surface area contributed by atoms with Crippen LogP contribution in [-0.2, 0) is 0 Å². The lowest BCUT2D eigenvalue weighted by molar-refractivity contribution is -0.0486. The van der Waals surface area contributed by atoms with Gasteiger partial charge in [-0.05, 0) is 122 Å². The summed E-state index contributed by atoms with van der Waals surface area (Å²) in [4.78, 5) is 0. The molecule has 31 heavy (non-hydrogen) atoms. The summed E-state index contributed by atoms with van der Waals surface area (Å²) in [5.41, 5.74) is 7.82. The molecule has 0 N–H and O–H groups in total. The Morgan fingerprint density at radius 3 is 2.74 bits per heavy atom. The molecule has 1 aromatic carbocycles. The second-order valence-electron chi connectivity index (χ2n) is 12.0. The third-order valence-electron chi connectivity index (χ3n) is 11.0. The Bertz CT molecular complexity index is 962. The summed E-state index contributed by atoms with van der Waals surface area (Å²) in [6, 6.07) is 7.26. The van der Waals surface area contributed by atoms with Crippen molar-refractivity contribution in [2.75, 3.05) is 0 Å². The van der Waals surface area contributed by atoms with Gasteiger partial charge in [-0.15, -0.1) is 0 Å². The average Bonchev–Trinajstić information content (AvgIpc) is 3.29. The molecule has 4 saturated carbocycles. The molecule has 5 aliphatic carbocycles. The normalized spacial score (nSPS) is 43.3. The molecule has 0 amide bonds. The SMILES string of the molecule is C=Cc1cc(C2CCC3C2(C)CCC2C=C4CCCCC45CCC23C5)ccc1/C=C\C. The summed E-state index contributed by atoms with van der Waals surface area (Å²) in [6.07, 6.45) is 25.4. The van der Waals surface area contributed by atoms with Crippen LogP contribution in [0.4, 0.5) is 0 Å². The zero-order valence-electron chi connectivity index (χ0n) is 19.8. The van der Waals surface area contributed by atoms with E-state index in [1.54, 1.807) is 12.0 Å². The smallest absolute Gasteiger partial charge is 0.00822 e. The molecule has 5 aliphatic rings. The fourth-order valence-electron chi connectivity index (χ4n) is 9.74. The first kappa shape index (κ1) is 20.1. The van der Waals surface area contributed by atoms with Gasteiger partial charge in [0.25, 0.3) is 0 Å². The molecule has 6 rings (SSSR count). The zero-order chi connectivity index (χ0) is 21.3. The van der Waals surface area contributed by atoms with Crippen molar-refractivity contribution >= 4 is 12.2 Å². The molecule has 0 aliphatic heterocycles. The van der Waals surface area contributed by atoms with E-state index in [2.05, 4.69) is 62.9 Å². The van der Waals surface area contributed by atoms with Crippen LogP contribution in [0.1, 0.15) is 107 Å². The molecule has 0 aromatic heterocycles. The maximum atomic E-state index is 4.12. The number of allylic oxidation sites excluding steroid dienone is 3. The highest BCUT2D eigenvalue weighted by atomic mass is 14.7. The van der Waals surface area contributed by atoms with E-state index in [4.69, 9.17) is 0 Å². The quantitative estimate of drug-likeness (QED) is 0.435. The Balaban J connectivity index is 1.37. The van der Waals surface area contributed by atoms with E-state index >= 15 is 0 Å². The summed E-state index contributed by atoms with van der Waals surface area (Å²) >= 11 is 0. The lowest BCUT2D eigenvalue weighted by Crippen LogP contribution is -2.50. The molecule has 164 valence electrons. The predicted octanol–water partition coefficient (Wildman–Crippen LogP) is 8.94. The lowest BCUT2D eigenvalue weighted by Gasteiger charge is -2.58. The molecule has 6 atom stereocenters. The first-order valence-electron chi connectivity index (χ1n) is 13.1. The molecule has 1 aromatic rings. The lowest BCUT2D eigenvalue weighted by atomic mass is 9.46. The standard InChI is InChI=1S/C31H40/c1-4-8-23-10-11-24(19-22(23)5-2)27-12-13-28-29(27,3)16-14-26-20-25-9-6-7-15-30(25)17-18-31(26,28)21-30/h4-5,8,10-11,19-20,26-28H,2,6-7,9,12-18,21H2,1,3H3/b8-4-. The van der Waals surface area contributed by atoms with Crippen LogP contribution in [0.25, 0.3) is 12.2 Å². The van der Waals surface area contributed by atoms with Crippen molar-refractivity contribution in [2.24, 2.45) is 28.1 Å². The van der Waals surface area contributed by atoms with Crippen LogP contribution < -0.4 is 0 Å². The molecule has 2 bridgehead atoms. The van der Waals surface area contributed by atoms with Crippen LogP contribution in [-0.4, -0.2) is 0 Å². The number of benzene rings is 1. The maximum absolute atomic E-state index is 4.12. The van der Waals surface area contributed by atoms with Crippen molar-refractivity contribution < 1.29 is 0 Å². The van der Waals surface area contributed by atoms with Crippen molar-refractivity contribution in [3.05, 3.63) is 59.2 Å². The van der Waals surface area contributed by atoms with Crippen LogP contribution in [0.2, 0.25) is 0 Å². The van der Waals surface area contributed by atoms with Crippen molar-refractivity contribution in [2.45, 2.75) is 90.4 Å². The molecular weight excluding hydrogens is 372 g/mol. The summed E-state index contributed by atoms with van der Waals surface area (Å²) < 4.78 is 0. The Morgan fingerprint density at radius 1 is 1.00 bits per heavy atom. The summed E-state index contributed by atoms with van der Waals surface area (Å²) in [6.45, 7) is 8.92. The van der Waals surface area contributed by atoms with Gasteiger partial charge in [0.05, 0.1) is 0 Å². The number of hydrogen-bond donors (Lipinski definition) is 0. The molecule has 0 nitrogen and oxygen atoms in total. The third-order valence-corrected chi connectivity index (χ3v) is 11.0. The Kier molecular flexibility index (Phi) is 4.51. The molecule has 6 unspecified atom stereocenters. The second-order valence-corrected chi connectivity index (χ2v) is 12.0. The van der Waals surface area contributed by atoms with Gasteiger partial charge in [-0.3, -0.25) is 0 Å². The fourth-order valence-corrected chi connectivity index (χ4v) is 9.74. The molecular formula is C31H40. The second kappa shape index (κ2) is 6.97. The number of rotatable bonds is 3. The van der Waals surface area contributed by atoms with Crippen LogP contribution >= 0.6 is 0 Å². The topological polar surface area (TPSA) is 0 Å². The Hall–Kier alpha value is -1.56. The molecule has 0 saturated heterocycles. The van der Waals surface area contributed by atoms with E-state index in [0.717, 1.165) is 17.8 Å². The van der Waals surface area contributed by atoms with E-state index in [-0.39, 0.29) is 0 Å². The van der Waals surface area contributed by atoms with Gasteiger partial charge in [0.2, 0.25) is 0 Å². The van der Waals surface area contributed by atoms with Gasteiger partial charge < -0.3 is 0 Å². The molecule has 0 radical (unpaired) electrons. The minimum Gasteiger partial charge on any atom is -0.0984 e. The van der Waals surface area contributed by atoms with E-state index in [9.17, 15) is 0 Å². The molecule has 4 fully saturated rings. The minimum absolute atomic E-state index is 0.475. The first-order valence-corrected chi connectivity index (χ1v) is 13.1. The Morgan fingerprint density at radius 2 is 1.90 bits per heavy atom. The van der Waals surface area contributed by atoms with Gasteiger partial charge in [-0.1, -0.05) is 68.0 Å². The summed E-state index contributed by atoms with van der Waals surface area (Å²) in [7, 11) is 0. The van der Waals surface area contributed by atoms with Gasteiger partial charge in [-0.2, -0.15) is 0 Å². The van der Waals surface area contributed by atoms with Crippen molar-refractivity contribution in [1.82, 2.24) is 0 Å². The summed E-state index contributed by atoms with van der Waals surface area (Å²) in [5, 5.41) is 0. The molecule has 0 heterocycles. The van der Waals surface area contributed by atoms with Crippen molar-refractivity contribution in [3.8, 4) is 0 Å². The highest BCUT2D eigenvalue weighted by Crippen LogP contribution is 2.76. The fraction of sp³-hybridized carbons (Fsp3) is 0.613. The van der Waals surface area contributed by atoms with Gasteiger partial charge in [0.15, 0.2) is 0 Å². The van der Waals surface area contributed by atoms with E-state index in [1.165, 1.54) is 75.3 Å². The number of fused-ring (bicyclic) bond motifs is 1. The van der Waals surface area contributed by atoms with Gasteiger partial charge >= 0.3 is 0 Å². The van der Waals surface area contributed by atoms with E-state index in [0.29, 0.717) is 16.2 Å². The molecule has 0 heteroatoms. The van der Waals surface area contributed by atoms with E-state index in [1.807, 2.05) is 5.57 Å². The van der Waals surface area contributed by atoms with Gasteiger partial charge in [0.1, 0.15) is 0 Å². The van der Waals surface area contributed by atoms with Crippen LogP contribution in [0, 0.1) is 28.1 Å². The van der Waals surface area contributed by atoms with Crippen LogP contribution in [0.15, 0.2) is 42.5 Å². The van der Waals surface area contributed by atoms with Crippen molar-refractivity contribution in [1.29, 1.82) is 0 Å². The average molecular weight is 413 g/mol. The number of hydrogen-bond acceptors (Lipinski definition) is 0. The highest BCUT2D eigenvalue weighted by molar-refractivity contribution is 5.65. The zero-order valence-corrected chi connectivity index (χ0v) is 19.8. The van der Waals surface area contributed by atoms with E-state index < -0.39 is 0 Å². The summed E-state index contributed by atoms with van der Waals surface area (Å²) in [5.74, 6) is 2.53. The minimum atomic E-state index is 0.475. The first-order chi connectivity index (χ1) is 15.0. The van der Waals surface area contributed by atoms with Crippen molar-refractivity contribution in [3.63, 3.8) is 0 Å². The largest absolute Gasteiger partial charge is 0.0984 e. The predicted molar refractivity (Wildman–Crippen MR) is 133 cm³/mol. The Labute approximate surface area is 189 Å². The van der Waals surface area contributed by atoms with Crippen LogP contribution in [0.3, 0.4) is 0 Å². The van der Waals surface area contributed by atoms with Gasteiger partial charge in [-0.25, -0.2) is 0 Å². The van der Waals surface area contributed by atoms with Gasteiger partial charge in [0, 0.05) is 0 Å². The molecule has 2 spiro atoms. The monoisotopic (exact) mass is 412 g/mol. The third kappa shape index (κ3) is 2.66. The van der Waals surface area contributed by atoms with Crippen LogP contribution in [0.5, 0.6) is 0 Å². The highest BCUT2D eigenvalue weighted by Gasteiger charge is 2.66. The maximum Gasteiger partial charge on any atom is -0.00822 e.